The van der Waals surface area contributed by atoms with Crippen molar-refractivity contribution in [3.05, 3.63) is 0 Å². The van der Waals surface area contributed by atoms with Crippen LogP contribution in [-0.2, 0) is 4.74 Å². The van der Waals surface area contributed by atoms with Crippen molar-refractivity contribution in [3.8, 4) is 0 Å². The van der Waals surface area contributed by atoms with Crippen molar-refractivity contribution in [2.75, 3.05) is 13.1 Å². The highest BCUT2D eigenvalue weighted by atomic mass is 16.5. The van der Waals surface area contributed by atoms with Gasteiger partial charge in [-0.25, -0.2) is 0 Å². The van der Waals surface area contributed by atoms with Gasteiger partial charge >= 0.3 is 0 Å². The Balaban J connectivity index is 1.91. The van der Waals surface area contributed by atoms with E-state index in [1.807, 2.05) is 0 Å². The molecule has 0 spiro atoms. The molecule has 0 radical (unpaired) electrons. The second-order valence-electron chi connectivity index (χ2n) is 3.64. The first kappa shape index (κ1) is 10.0. The summed E-state index contributed by atoms with van der Waals surface area (Å²) < 4.78 is 5.79. The quantitative estimate of drug-likeness (QED) is 0.617. The minimum atomic E-state index is 0.439. The number of hydrogen-bond donors (Lipinski definition) is 1. The van der Waals surface area contributed by atoms with Crippen molar-refractivity contribution in [2.45, 2.75) is 51.7 Å². The average molecular weight is 171 g/mol. The molecule has 1 aliphatic carbocycles. The Labute approximate surface area is 75.7 Å². The lowest BCUT2D eigenvalue weighted by molar-refractivity contribution is -0.0454. The molecule has 0 heterocycles. The molecule has 0 aromatic heterocycles. The van der Waals surface area contributed by atoms with Gasteiger partial charge in [-0.2, -0.15) is 0 Å². The monoisotopic (exact) mass is 171 g/mol. The van der Waals surface area contributed by atoms with Crippen molar-refractivity contribution in [1.82, 2.24) is 5.32 Å². The Hall–Kier alpha value is -0.0800. The van der Waals surface area contributed by atoms with Crippen LogP contribution in [-0.4, -0.2) is 25.3 Å². The number of rotatable bonds is 6. The van der Waals surface area contributed by atoms with Crippen molar-refractivity contribution in [2.24, 2.45) is 0 Å². The zero-order chi connectivity index (χ0) is 8.81. The van der Waals surface area contributed by atoms with Crippen LogP contribution in [0.1, 0.15) is 39.5 Å². The van der Waals surface area contributed by atoms with Crippen LogP contribution in [0.3, 0.4) is 0 Å². The van der Waals surface area contributed by atoms with Gasteiger partial charge in [-0.05, 0) is 45.7 Å². The molecule has 1 unspecified atom stereocenters. The molecule has 1 fully saturated rings. The molecule has 0 amide bonds. The first-order valence-corrected chi connectivity index (χ1v) is 5.19. The van der Waals surface area contributed by atoms with E-state index < -0.39 is 0 Å². The minimum Gasteiger partial charge on any atom is -0.375 e. The van der Waals surface area contributed by atoms with Crippen molar-refractivity contribution in [1.29, 1.82) is 0 Å². The zero-order valence-corrected chi connectivity index (χ0v) is 8.31. The molecule has 1 atom stereocenters. The maximum Gasteiger partial charge on any atom is 0.0578 e. The van der Waals surface area contributed by atoms with Gasteiger partial charge in [0.1, 0.15) is 0 Å². The lowest BCUT2D eigenvalue weighted by atomic mass is 9.96. The van der Waals surface area contributed by atoms with E-state index in [2.05, 4.69) is 19.2 Å². The normalized spacial score (nSPS) is 20.5. The maximum absolute atomic E-state index is 5.79. The number of nitrogens with one attached hydrogen (secondary N) is 1. The van der Waals surface area contributed by atoms with Crippen LogP contribution in [0, 0.1) is 0 Å². The highest BCUT2D eigenvalue weighted by Gasteiger charge is 2.19. The Morgan fingerprint density at radius 3 is 2.75 bits per heavy atom. The molecule has 2 heteroatoms. The summed E-state index contributed by atoms with van der Waals surface area (Å²) in [6.07, 6.45) is 6.10. The summed E-state index contributed by atoms with van der Waals surface area (Å²) in [4.78, 5) is 0. The fraction of sp³-hybridized carbons (Fsp3) is 1.00. The first-order chi connectivity index (χ1) is 5.83. The molecule has 0 bridgehead atoms. The van der Waals surface area contributed by atoms with Gasteiger partial charge in [-0.1, -0.05) is 6.92 Å². The molecule has 0 aromatic carbocycles. The Morgan fingerprint density at radius 1 is 1.50 bits per heavy atom. The smallest absolute Gasteiger partial charge is 0.0578 e. The molecule has 1 saturated carbocycles. The molecule has 1 rings (SSSR count). The second-order valence-corrected chi connectivity index (χ2v) is 3.64. The second kappa shape index (κ2) is 5.55. The summed E-state index contributed by atoms with van der Waals surface area (Å²) >= 11 is 0. The number of hydrogen-bond acceptors (Lipinski definition) is 2. The molecule has 0 saturated heterocycles. The zero-order valence-electron chi connectivity index (χ0n) is 8.31. The molecule has 0 aromatic rings. The van der Waals surface area contributed by atoms with E-state index in [1.165, 1.54) is 19.3 Å². The van der Waals surface area contributed by atoms with Gasteiger partial charge in [-0.3, -0.25) is 0 Å². The molecule has 2 nitrogen and oxygen atoms in total. The van der Waals surface area contributed by atoms with Gasteiger partial charge in [0.05, 0.1) is 12.2 Å². The van der Waals surface area contributed by atoms with Crippen LogP contribution >= 0.6 is 0 Å². The lowest BCUT2D eigenvalue weighted by Crippen LogP contribution is -2.28. The van der Waals surface area contributed by atoms with E-state index >= 15 is 0 Å². The van der Waals surface area contributed by atoms with E-state index in [4.69, 9.17) is 4.74 Å². The van der Waals surface area contributed by atoms with Crippen LogP contribution < -0.4 is 5.32 Å². The van der Waals surface area contributed by atoms with E-state index in [0.717, 1.165) is 19.5 Å². The summed E-state index contributed by atoms with van der Waals surface area (Å²) in [5.41, 5.74) is 0. The first-order valence-electron chi connectivity index (χ1n) is 5.19. The Morgan fingerprint density at radius 2 is 2.25 bits per heavy atom. The SMILES string of the molecule is CCNCCC(C)OC1CCC1. The Bertz CT molecular complexity index is 112. The van der Waals surface area contributed by atoms with Crippen LogP contribution in [0.15, 0.2) is 0 Å². The predicted octanol–water partition coefficient (Wildman–Crippen LogP) is 1.94. The van der Waals surface area contributed by atoms with E-state index in [1.54, 1.807) is 0 Å². The van der Waals surface area contributed by atoms with Gasteiger partial charge < -0.3 is 10.1 Å². The minimum absolute atomic E-state index is 0.439. The summed E-state index contributed by atoms with van der Waals surface area (Å²) in [7, 11) is 0. The third-order valence-corrected chi connectivity index (χ3v) is 2.45. The summed E-state index contributed by atoms with van der Waals surface area (Å²) in [6.45, 7) is 6.47. The fourth-order valence-electron chi connectivity index (χ4n) is 1.39. The number of ether oxygens (including phenoxy) is 1. The van der Waals surface area contributed by atoms with E-state index in [0.29, 0.717) is 12.2 Å². The standard InChI is InChI=1S/C10H21NO/c1-3-11-8-7-9(2)12-10-5-4-6-10/h9-11H,3-8H2,1-2H3. The third kappa shape index (κ3) is 3.55. The highest BCUT2D eigenvalue weighted by molar-refractivity contribution is 4.70. The molecule has 12 heavy (non-hydrogen) atoms. The summed E-state index contributed by atoms with van der Waals surface area (Å²) in [5.74, 6) is 0. The predicted molar refractivity (Wildman–Crippen MR) is 51.3 cm³/mol. The molecule has 1 N–H and O–H groups in total. The van der Waals surface area contributed by atoms with Gasteiger partial charge in [0.2, 0.25) is 0 Å². The van der Waals surface area contributed by atoms with Crippen molar-refractivity contribution >= 4 is 0 Å². The van der Waals surface area contributed by atoms with Gasteiger partial charge in [0, 0.05) is 0 Å². The summed E-state index contributed by atoms with van der Waals surface area (Å²) in [6, 6.07) is 0. The van der Waals surface area contributed by atoms with Crippen molar-refractivity contribution in [3.63, 3.8) is 0 Å². The fourth-order valence-corrected chi connectivity index (χ4v) is 1.39. The van der Waals surface area contributed by atoms with Crippen LogP contribution in [0.4, 0.5) is 0 Å². The highest BCUT2D eigenvalue weighted by Crippen LogP contribution is 2.23. The summed E-state index contributed by atoms with van der Waals surface area (Å²) in [5, 5.41) is 3.31. The average Bonchev–Trinajstić information content (AvgIpc) is 1.98. The molecular weight excluding hydrogens is 150 g/mol. The third-order valence-electron chi connectivity index (χ3n) is 2.45. The lowest BCUT2D eigenvalue weighted by Gasteiger charge is -2.29. The Kier molecular flexibility index (Phi) is 4.62. The van der Waals surface area contributed by atoms with Gasteiger partial charge in [-0.15, -0.1) is 0 Å². The van der Waals surface area contributed by atoms with Gasteiger partial charge in [0.15, 0.2) is 0 Å². The van der Waals surface area contributed by atoms with Crippen LogP contribution in [0.2, 0.25) is 0 Å². The van der Waals surface area contributed by atoms with Crippen molar-refractivity contribution < 1.29 is 4.74 Å². The van der Waals surface area contributed by atoms with Crippen LogP contribution in [0.5, 0.6) is 0 Å². The topological polar surface area (TPSA) is 21.3 Å². The van der Waals surface area contributed by atoms with Gasteiger partial charge in [0.25, 0.3) is 0 Å². The molecule has 0 aliphatic heterocycles. The molecular formula is C10H21NO. The molecule has 72 valence electrons. The maximum atomic E-state index is 5.79. The largest absolute Gasteiger partial charge is 0.375 e. The van der Waals surface area contributed by atoms with E-state index in [9.17, 15) is 0 Å². The van der Waals surface area contributed by atoms with E-state index in [-0.39, 0.29) is 0 Å². The molecule has 1 aliphatic rings. The van der Waals surface area contributed by atoms with Crippen LogP contribution in [0.25, 0.3) is 0 Å².